The number of pyridine rings is 1. The molecule has 1 aromatic heterocycles. The lowest BCUT2D eigenvalue weighted by Crippen LogP contribution is -2.23. The van der Waals surface area contributed by atoms with Gasteiger partial charge in [0.15, 0.2) is 0 Å². The molecule has 0 fully saturated rings. The van der Waals surface area contributed by atoms with Crippen LogP contribution in [-0.2, 0) is 0 Å². The number of likely N-dealkylation sites (N-methyl/N-ethyl adjacent to an activating group) is 1. The maximum absolute atomic E-state index is 10.8. The largest absolute Gasteiger partial charge is 0.388 e. The van der Waals surface area contributed by atoms with E-state index in [1.54, 1.807) is 12.4 Å². The Morgan fingerprint density at radius 3 is 2.41 bits per heavy atom. The van der Waals surface area contributed by atoms with Crippen molar-refractivity contribution in [2.45, 2.75) is 12.0 Å². The van der Waals surface area contributed by atoms with E-state index in [0.717, 1.165) is 11.1 Å². The third-order valence-corrected chi connectivity index (χ3v) is 4.05. The smallest absolute Gasteiger partial charge is 0.0871 e. The molecule has 3 rings (SSSR count). The summed E-state index contributed by atoms with van der Waals surface area (Å²) in [6.07, 6.45) is 2.88. The predicted octanol–water partition coefficient (Wildman–Crippen LogP) is 3.27. The zero-order valence-corrected chi connectivity index (χ0v) is 12.6. The number of aromatic nitrogens is 1. The molecule has 0 saturated heterocycles. The van der Waals surface area contributed by atoms with Crippen LogP contribution >= 0.6 is 0 Å². The van der Waals surface area contributed by atoms with Crippen LogP contribution < -0.4 is 5.32 Å². The van der Waals surface area contributed by atoms with Gasteiger partial charge in [0.1, 0.15) is 0 Å². The molecule has 22 heavy (non-hydrogen) atoms. The monoisotopic (exact) mass is 292 g/mol. The van der Waals surface area contributed by atoms with Crippen molar-refractivity contribution in [3.8, 4) is 0 Å². The zero-order valence-electron chi connectivity index (χ0n) is 12.6. The van der Waals surface area contributed by atoms with Gasteiger partial charge in [0.05, 0.1) is 6.10 Å². The van der Waals surface area contributed by atoms with E-state index in [1.165, 1.54) is 10.8 Å². The van der Waals surface area contributed by atoms with Crippen molar-refractivity contribution in [1.82, 2.24) is 10.3 Å². The van der Waals surface area contributed by atoms with Gasteiger partial charge < -0.3 is 10.4 Å². The number of nitrogens with zero attached hydrogens (tertiary/aromatic N) is 1. The molecule has 1 heterocycles. The lowest BCUT2D eigenvalue weighted by atomic mass is 9.88. The molecular formula is C19H20N2O. The van der Waals surface area contributed by atoms with E-state index in [-0.39, 0.29) is 5.92 Å². The van der Waals surface area contributed by atoms with E-state index in [2.05, 4.69) is 40.6 Å². The highest BCUT2D eigenvalue weighted by atomic mass is 16.3. The van der Waals surface area contributed by atoms with Gasteiger partial charge in [0, 0.05) is 24.9 Å². The minimum absolute atomic E-state index is 0.00277. The highest BCUT2D eigenvalue weighted by molar-refractivity contribution is 5.83. The predicted molar refractivity (Wildman–Crippen MR) is 89.8 cm³/mol. The Labute approximate surface area is 130 Å². The van der Waals surface area contributed by atoms with E-state index < -0.39 is 6.10 Å². The lowest BCUT2D eigenvalue weighted by molar-refractivity contribution is 0.144. The Morgan fingerprint density at radius 1 is 0.955 bits per heavy atom. The summed E-state index contributed by atoms with van der Waals surface area (Å²) in [5.74, 6) is -0.00277. The van der Waals surface area contributed by atoms with E-state index in [1.807, 2.05) is 31.3 Å². The minimum Gasteiger partial charge on any atom is -0.388 e. The number of nitrogens with one attached hydrogen (secondary N) is 1. The lowest BCUT2D eigenvalue weighted by Gasteiger charge is -2.24. The average molecular weight is 292 g/mol. The van der Waals surface area contributed by atoms with E-state index in [4.69, 9.17) is 0 Å². The Kier molecular flexibility index (Phi) is 4.47. The summed E-state index contributed by atoms with van der Waals surface area (Å²) in [5, 5.41) is 16.4. The first kappa shape index (κ1) is 14.7. The van der Waals surface area contributed by atoms with Gasteiger partial charge in [-0.25, -0.2) is 0 Å². The molecule has 0 saturated carbocycles. The molecular weight excluding hydrogens is 272 g/mol. The Morgan fingerprint density at radius 2 is 1.68 bits per heavy atom. The second-order valence-corrected chi connectivity index (χ2v) is 5.50. The topological polar surface area (TPSA) is 45.1 Å². The quantitative estimate of drug-likeness (QED) is 0.758. The molecule has 0 aliphatic rings. The summed E-state index contributed by atoms with van der Waals surface area (Å²) < 4.78 is 0. The molecule has 0 bridgehead atoms. The van der Waals surface area contributed by atoms with Crippen molar-refractivity contribution < 1.29 is 5.11 Å². The van der Waals surface area contributed by atoms with Crippen LogP contribution in [0.4, 0.5) is 0 Å². The van der Waals surface area contributed by atoms with Crippen molar-refractivity contribution >= 4 is 10.8 Å². The number of aliphatic hydroxyl groups is 1. The molecule has 0 spiro atoms. The number of aliphatic hydroxyl groups excluding tert-OH is 1. The van der Waals surface area contributed by atoms with Gasteiger partial charge in [-0.15, -0.1) is 0 Å². The molecule has 0 amide bonds. The van der Waals surface area contributed by atoms with Crippen LogP contribution in [-0.4, -0.2) is 23.7 Å². The van der Waals surface area contributed by atoms with Gasteiger partial charge in [-0.2, -0.15) is 0 Å². The number of hydrogen-bond donors (Lipinski definition) is 2. The zero-order chi connectivity index (χ0) is 15.4. The van der Waals surface area contributed by atoms with Gasteiger partial charge in [-0.3, -0.25) is 4.98 Å². The van der Waals surface area contributed by atoms with Crippen molar-refractivity contribution in [2.75, 3.05) is 13.6 Å². The third-order valence-electron chi connectivity index (χ3n) is 4.05. The first-order valence-electron chi connectivity index (χ1n) is 7.51. The Bertz CT molecular complexity index is 743. The summed E-state index contributed by atoms with van der Waals surface area (Å²) in [6.45, 7) is 0.710. The van der Waals surface area contributed by atoms with Crippen LogP contribution in [0.3, 0.4) is 0 Å². The molecule has 3 nitrogen and oxygen atoms in total. The van der Waals surface area contributed by atoms with Gasteiger partial charge in [0.25, 0.3) is 0 Å². The molecule has 2 unspecified atom stereocenters. The summed E-state index contributed by atoms with van der Waals surface area (Å²) in [5.41, 5.74) is 2.03. The third kappa shape index (κ3) is 3.01. The summed E-state index contributed by atoms with van der Waals surface area (Å²) in [7, 11) is 1.91. The fourth-order valence-electron chi connectivity index (χ4n) is 2.86. The second-order valence-electron chi connectivity index (χ2n) is 5.50. The van der Waals surface area contributed by atoms with Crippen molar-refractivity contribution in [3.63, 3.8) is 0 Å². The number of hydrogen-bond acceptors (Lipinski definition) is 3. The molecule has 3 aromatic rings. The average Bonchev–Trinajstić information content (AvgIpc) is 2.59. The summed E-state index contributed by atoms with van der Waals surface area (Å²) >= 11 is 0. The van der Waals surface area contributed by atoms with Crippen LogP contribution in [0, 0.1) is 0 Å². The minimum atomic E-state index is -0.559. The van der Waals surface area contributed by atoms with Crippen molar-refractivity contribution in [2.24, 2.45) is 0 Å². The molecule has 2 atom stereocenters. The first-order chi connectivity index (χ1) is 10.8. The number of fused-ring (bicyclic) bond motifs is 1. The van der Waals surface area contributed by atoms with Crippen LogP contribution in [0.15, 0.2) is 67.0 Å². The van der Waals surface area contributed by atoms with Crippen LogP contribution in [0.1, 0.15) is 23.1 Å². The number of benzene rings is 2. The maximum atomic E-state index is 10.8. The van der Waals surface area contributed by atoms with Crippen molar-refractivity contribution in [3.05, 3.63) is 78.1 Å². The Hall–Kier alpha value is -2.23. The van der Waals surface area contributed by atoms with E-state index in [9.17, 15) is 5.11 Å². The highest BCUT2D eigenvalue weighted by Gasteiger charge is 2.22. The van der Waals surface area contributed by atoms with Crippen LogP contribution in [0.5, 0.6) is 0 Å². The van der Waals surface area contributed by atoms with Gasteiger partial charge in [-0.05, 0) is 41.1 Å². The number of rotatable bonds is 5. The standard InChI is InChI=1S/C19H20N2O/c1-20-13-18(19(22)15-8-10-21-11-9-15)17-7-6-14-4-2-3-5-16(14)12-17/h2-12,18-20,22H,13H2,1H3. The van der Waals surface area contributed by atoms with E-state index in [0.29, 0.717) is 6.54 Å². The molecule has 2 aromatic carbocycles. The van der Waals surface area contributed by atoms with Crippen LogP contribution in [0.2, 0.25) is 0 Å². The molecule has 0 aliphatic heterocycles. The van der Waals surface area contributed by atoms with Gasteiger partial charge in [-0.1, -0.05) is 42.5 Å². The maximum Gasteiger partial charge on any atom is 0.0871 e. The van der Waals surface area contributed by atoms with Gasteiger partial charge >= 0.3 is 0 Å². The highest BCUT2D eigenvalue weighted by Crippen LogP contribution is 2.31. The Balaban J connectivity index is 1.98. The normalized spacial score (nSPS) is 13.9. The van der Waals surface area contributed by atoms with E-state index >= 15 is 0 Å². The SMILES string of the molecule is CNCC(c1ccc2ccccc2c1)C(O)c1ccncc1. The summed E-state index contributed by atoms with van der Waals surface area (Å²) in [4.78, 5) is 4.02. The first-order valence-corrected chi connectivity index (χ1v) is 7.51. The van der Waals surface area contributed by atoms with Crippen LogP contribution in [0.25, 0.3) is 10.8 Å². The summed E-state index contributed by atoms with van der Waals surface area (Å²) in [6, 6.07) is 18.4. The molecule has 2 N–H and O–H groups in total. The molecule has 0 radical (unpaired) electrons. The van der Waals surface area contributed by atoms with Gasteiger partial charge in [0.2, 0.25) is 0 Å². The molecule has 112 valence electrons. The molecule has 3 heteroatoms. The fraction of sp³-hybridized carbons (Fsp3) is 0.211. The van der Waals surface area contributed by atoms with Crippen molar-refractivity contribution in [1.29, 1.82) is 0 Å². The second kappa shape index (κ2) is 6.69. The molecule has 0 aliphatic carbocycles. The fourth-order valence-corrected chi connectivity index (χ4v) is 2.86.